The summed E-state index contributed by atoms with van der Waals surface area (Å²) in [5.74, 6) is 1.07. The lowest BCUT2D eigenvalue weighted by atomic mass is 9.85. The number of Topliss-reactive ketones (excluding diaryl/α,β-unsaturated/α-hetero) is 1. The van der Waals surface area contributed by atoms with E-state index in [1.165, 1.54) is 11.1 Å². The second kappa shape index (κ2) is 34.6. The van der Waals surface area contributed by atoms with Crippen molar-refractivity contribution >= 4 is 5.78 Å². The maximum Gasteiger partial charge on any atom is 0.158 e. The highest BCUT2D eigenvalue weighted by Crippen LogP contribution is 2.31. The fourth-order valence-electron chi connectivity index (χ4n) is 6.43. The number of unbranched alkanes of at least 4 members (excludes halogenated alkanes) is 1. The number of allylic oxidation sites excluding steroid dienone is 3. The van der Waals surface area contributed by atoms with Crippen molar-refractivity contribution in [2.24, 2.45) is 17.8 Å². The fraction of sp³-hybridized carbons (Fsp3) is 0.884. The molecule has 1 fully saturated rings. The molecule has 0 aromatic rings. The summed E-state index contributed by atoms with van der Waals surface area (Å²) in [6.07, 6.45) is 14.8. The van der Waals surface area contributed by atoms with Crippen LogP contribution in [0.4, 0.5) is 0 Å². The zero-order chi connectivity index (χ0) is 39.9. The largest absolute Gasteiger partial charge is 0.393 e. The first kappa shape index (κ1) is 54.2. The van der Waals surface area contributed by atoms with Crippen molar-refractivity contribution in [3.05, 3.63) is 23.3 Å². The van der Waals surface area contributed by atoms with Gasteiger partial charge >= 0.3 is 0 Å². The van der Waals surface area contributed by atoms with E-state index in [2.05, 4.69) is 57.3 Å². The Hall–Kier alpha value is -1.13. The number of aliphatic hydroxyl groups excluding tert-OH is 2. The number of methoxy groups -OCH3 is 2. The van der Waals surface area contributed by atoms with Gasteiger partial charge in [-0.05, 0) is 116 Å². The number of hydrogen-bond acceptors (Lipinski definition) is 8. The van der Waals surface area contributed by atoms with Crippen LogP contribution in [0.3, 0.4) is 0 Å². The van der Waals surface area contributed by atoms with E-state index >= 15 is 0 Å². The number of carbonyl (C=O) groups excluding carboxylic acids is 1. The van der Waals surface area contributed by atoms with Gasteiger partial charge in [0.15, 0.2) is 6.29 Å². The molecule has 306 valence electrons. The molecule has 0 aromatic carbocycles. The predicted octanol–water partition coefficient (Wildman–Crippen LogP) is 9.80. The third-order valence-electron chi connectivity index (χ3n) is 9.25. The number of aliphatic hydroxyl groups is 2. The molecule has 1 aliphatic rings. The van der Waals surface area contributed by atoms with E-state index in [0.717, 1.165) is 77.2 Å². The molecule has 51 heavy (non-hydrogen) atoms. The van der Waals surface area contributed by atoms with Crippen LogP contribution in [0.2, 0.25) is 0 Å². The first-order chi connectivity index (χ1) is 24.1. The Bertz CT molecular complexity index is 849. The lowest BCUT2D eigenvalue weighted by Crippen LogP contribution is -2.41. The number of ketones is 1. The Kier molecular flexibility index (Phi) is 36.8. The van der Waals surface area contributed by atoms with E-state index in [1.807, 2.05) is 54.8 Å². The quantitative estimate of drug-likeness (QED) is 0.0840. The third-order valence-corrected chi connectivity index (χ3v) is 9.25. The maximum absolute atomic E-state index is 12.8. The molecule has 6 unspecified atom stereocenters. The number of carbonyl (C=O) groups is 1. The summed E-state index contributed by atoms with van der Waals surface area (Å²) in [6, 6.07) is 0.421. The van der Waals surface area contributed by atoms with Crippen molar-refractivity contribution in [3.8, 4) is 0 Å². The number of rotatable bonds is 22. The number of hydrogen-bond donors (Lipinski definition) is 2. The summed E-state index contributed by atoms with van der Waals surface area (Å²) in [5.41, 5.74) is 2.54. The summed E-state index contributed by atoms with van der Waals surface area (Å²) < 4.78 is 21.9. The molecular weight excluding hydrogens is 642 g/mol. The van der Waals surface area contributed by atoms with Crippen LogP contribution in [0.5, 0.6) is 0 Å². The van der Waals surface area contributed by atoms with Gasteiger partial charge in [0.05, 0.1) is 24.4 Å². The Morgan fingerprint density at radius 2 is 1.57 bits per heavy atom. The Balaban J connectivity index is -0.00000113. The zero-order valence-electron chi connectivity index (χ0n) is 36.4. The van der Waals surface area contributed by atoms with Crippen molar-refractivity contribution in [1.29, 1.82) is 0 Å². The lowest BCUT2D eigenvalue weighted by molar-refractivity contribution is -0.234. The minimum atomic E-state index is -0.368. The predicted molar refractivity (Wildman–Crippen MR) is 217 cm³/mol. The number of nitrogens with zero attached hydrogens (tertiary/aromatic N) is 1. The molecule has 1 aliphatic heterocycles. The Morgan fingerprint density at radius 3 is 2.04 bits per heavy atom. The molecule has 0 spiro atoms. The SMILES string of the molecule is CC.CC/C=C(CCCC[C@@H](C)[C@H](O[C@H]1CC(C)CC(C)O1)C(C)C(=O)CCC)\C(C)=C\C(O)CC.COC.COCCC(CC(C)O)N(C)C. The van der Waals surface area contributed by atoms with Crippen molar-refractivity contribution in [1.82, 2.24) is 4.90 Å². The standard InChI is InChI=1S/C30H54O4.C9H21NO2.C2H6O.C2H6/c1-9-14-26(23(6)20-27(31)11-3)17-13-12-16-22(5)30(25(8)28(32)15-10-2)34-29-19-21(4)18-24(7)33-29;1-8(11)7-9(10(2)3)5-6-12-4;1-3-2;1-2/h14,20-22,24-25,27,29-31H,9-13,15-19H2,1-8H3;8-9,11H,5-7H2,1-4H3;1-2H3;1-2H3/b23-20+,26-14-;;;/t21?,22-,24?,25?,27?,29+,30+;;;/m1.../s1. The monoisotopic (exact) mass is 730 g/mol. The second-order valence-corrected chi connectivity index (χ2v) is 14.6. The zero-order valence-corrected chi connectivity index (χ0v) is 36.4. The maximum atomic E-state index is 12.8. The molecule has 2 N–H and O–H groups in total. The van der Waals surface area contributed by atoms with E-state index in [1.54, 1.807) is 21.3 Å². The minimum absolute atomic E-state index is 0.103. The summed E-state index contributed by atoms with van der Waals surface area (Å²) in [5, 5.41) is 19.2. The van der Waals surface area contributed by atoms with Gasteiger partial charge in [-0.25, -0.2) is 0 Å². The lowest BCUT2D eigenvalue weighted by Gasteiger charge is -2.37. The Morgan fingerprint density at radius 1 is 0.961 bits per heavy atom. The normalized spacial score (nSPS) is 21.4. The van der Waals surface area contributed by atoms with Gasteiger partial charge in [-0.1, -0.05) is 74.0 Å². The van der Waals surface area contributed by atoms with Crippen molar-refractivity contribution in [3.63, 3.8) is 0 Å². The highest BCUT2D eigenvalue weighted by Gasteiger charge is 2.34. The topological polar surface area (TPSA) is 97.7 Å². The molecule has 0 aromatic heterocycles. The first-order valence-corrected chi connectivity index (χ1v) is 20.2. The van der Waals surface area contributed by atoms with Gasteiger partial charge in [0.25, 0.3) is 0 Å². The smallest absolute Gasteiger partial charge is 0.158 e. The van der Waals surface area contributed by atoms with Gasteiger partial charge in [-0.3, -0.25) is 4.79 Å². The van der Waals surface area contributed by atoms with Gasteiger partial charge in [0.2, 0.25) is 0 Å². The van der Waals surface area contributed by atoms with Crippen LogP contribution in [0.1, 0.15) is 153 Å². The van der Waals surface area contributed by atoms with Gasteiger partial charge in [0, 0.05) is 52.7 Å². The van der Waals surface area contributed by atoms with Crippen LogP contribution >= 0.6 is 0 Å². The van der Waals surface area contributed by atoms with Crippen LogP contribution in [-0.4, -0.2) is 99.7 Å². The molecule has 1 saturated heterocycles. The molecule has 0 radical (unpaired) electrons. The summed E-state index contributed by atoms with van der Waals surface area (Å²) in [6.45, 7) is 23.6. The van der Waals surface area contributed by atoms with Crippen molar-refractivity contribution in [2.45, 2.75) is 190 Å². The average Bonchev–Trinajstić information content (AvgIpc) is 3.07. The van der Waals surface area contributed by atoms with Crippen molar-refractivity contribution in [2.75, 3.05) is 42.0 Å². The van der Waals surface area contributed by atoms with E-state index in [0.29, 0.717) is 30.1 Å². The molecular formula is C43H87NO7. The summed E-state index contributed by atoms with van der Waals surface area (Å²) >= 11 is 0. The third kappa shape index (κ3) is 28.0. The summed E-state index contributed by atoms with van der Waals surface area (Å²) in [4.78, 5) is 14.9. The van der Waals surface area contributed by atoms with Crippen LogP contribution in [0.25, 0.3) is 0 Å². The van der Waals surface area contributed by atoms with Crippen LogP contribution in [0, 0.1) is 17.8 Å². The van der Waals surface area contributed by atoms with Crippen LogP contribution in [0.15, 0.2) is 23.3 Å². The molecule has 0 bridgehead atoms. The van der Waals surface area contributed by atoms with Gasteiger partial charge in [-0.15, -0.1) is 0 Å². The van der Waals surface area contributed by atoms with E-state index < -0.39 is 0 Å². The van der Waals surface area contributed by atoms with E-state index in [4.69, 9.17) is 14.2 Å². The summed E-state index contributed by atoms with van der Waals surface area (Å²) in [7, 11) is 9.01. The first-order valence-electron chi connectivity index (χ1n) is 20.2. The molecule has 9 atom stereocenters. The molecule has 8 nitrogen and oxygen atoms in total. The molecule has 0 saturated carbocycles. The molecule has 8 heteroatoms. The van der Waals surface area contributed by atoms with Crippen LogP contribution in [-0.2, 0) is 23.7 Å². The van der Waals surface area contributed by atoms with Crippen LogP contribution < -0.4 is 0 Å². The molecule has 1 heterocycles. The fourth-order valence-corrected chi connectivity index (χ4v) is 6.43. The van der Waals surface area contributed by atoms with E-state index in [9.17, 15) is 15.0 Å². The molecule has 0 aliphatic carbocycles. The van der Waals surface area contributed by atoms with Gasteiger partial charge in [-0.2, -0.15) is 0 Å². The second-order valence-electron chi connectivity index (χ2n) is 14.6. The van der Waals surface area contributed by atoms with Gasteiger partial charge in [0.1, 0.15) is 5.78 Å². The van der Waals surface area contributed by atoms with E-state index in [-0.39, 0.29) is 36.6 Å². The van der Waals surface area contributed by atoms with Gasteiger partial charge < -0.3 is 34.1 Å². The highest BCUT2D eigenvalue weighted by atomic mass is 16.7. The highest BCUT2D eigenvalue weighted by molar-refractivity contribution is 5.81. The minimum Gasteiger partial charge on any atom is -0.393 e. The molecule has 1 rings (SSSR count). The Labute approximate surface area is 317 Å². The number of ether oxygens (including phenoxy) is 4. The average molecular weight is 730 g/mol. The van der Waals surface area contributed by atoms with Crippen molar-refractivity contribution < 1.29 is 34.0 Å². The molecule has 0 amide bonds.